The maximum atomic E-state index is 12.4. The van der Waals surface area contributed by atoms with Crippen LogP contribution in [0, 0.1) is 6.92 Å². The van der Waals surface area contributed by atoms with E-state index in [1.54, 1.807) is 21.9 Å². The van der Waals surface area contributed by atoms with Gasteiger partial charge >= 0.3 is 0 Å². The first-order valence-corrected chi connectivity index (χ1v) is 8.44. The Morgan fingerprint density at radius 1 is 1.16 bits per heavy atom. The average molecular weight is 359 g/mol. The monoisotopic (exact) mass is 358 g/mol. The summed E-state index contributed by atoms with van der Waals surface area (Å²) in [5, 5.41) is 9.65. The van der Waals surface area contributed by atoms with E-state index in [2.05, 4.69) is 0 Å². The Kier molecular flexibility index (Phi) is 4.95. The Labute approximate surface area is 151 Å². The van der Waals surface area contributed by atoms with Crippen LogP contribution in [0.2, 0.25) is 5.02 Å². The van der Waals surface area contributed by atoms with E-state index in [1.807, 2.05) is 31.2 Å². The number of amides is 2. The van der Waals surface area contributed by atoms with Gasteiger partial charge in [-0.2, -0.15) is 0 Å². The van der Waals surface area contributed by atoms with Gasteiger partial charge in [0.15, 0.2) is 0 Å². The maximum Gasteiger partial charge on any atom is 0.246 e. The molecular weight excluding hydrogens is 340 g/mol. The fraction of sp³-hybridized carbons (Fsp3) is 0.263. The molecule has 2 aromatic carbocycles. The van der Waals surface area contributed by atoms with Crippen molar-refractivity contribution in [3.63, 3.8) is 0 Å². The van der Waals surface area contributed by atoms with E-state index < -0.39 is 0 Å². The zero-order valence-corrected chi connectivity index (χ0v) is 14.7. The fourth-order valence-corrected chi connectivity index (χ4v) is 3.03. The lowest BCUT2D eigenvalue weighted by molar-refractivity contribution is -0.136. The number of carbonyl (C=O) groups is 2. The number of benzene rings is 2. The SMILES string of the molecule is Cc1ccc(N2CCN(C(=O)Cc3ccc(O)c(Cl)c3)CC2=O)cc1. The van der Waals surface area contributed by atoms with Crippen LogP contribution in [0.4, 0.5) is 5.69 Å². The Bertz CT molecular complexity index is 805. The number of phenolic OH excluding ortho intramolecular Hbond substituents is 1. The molecule has 1 fully saturated rings. The molecule has 1 N–H and O–H groups in total. The van der Waals surface area contributed by atoms with Crippen molar-refractivity contribution in [2.45, 2.75) is 13.3 Å². The molecule has 0 atom stereocenters. The summed E-state index contributed by atoms with van der Waals surface area (Å²) < 4.78 is 0. The van der Waals surface area contributed by atoms with E-state index in [-0.39, 0.29) is 35.6 Å². The normalized spacial score (nSPS) is 14.7. The maximum absolute atomic E-state index is 12.4. The van der Waals surface area contributed by atoms with Gasteiger partial charge < -0.3 is 14.9 Å². The van der Waals surface area contributed by atoms with Crippen LogP contribution in [0.15, 0.2) is 42.5 Å². The lowest BCUT2D eigenvalue weighted by Gasteiger charge is -2.34. The van der Waals surface area contributed by atoms with Crippen LogP contribution in [0.3, 0.4) is 0 Å². The summed E-state index contributed by atoms with van der Waals surface area (Å²) in [5.41, 5.74) is 2.70. The number of aryl methyl sites for hydroxylation is 1. The molecule has 0 unspecified atom stereocenters. The molecule has 1 aliphatic heterocycles. The number of phenols is 1. The summed E-state index contributed by atoms with van der Waals surface area (Å²) in [5.74, 6) is -0.231. The fourth-order valence-electron chi connectivity index (χ4n) is 2.83. The van der Waals surface area contributed by atoms with Crippen LogP contribution >= 0.6 is 11.6 Å². The van der Waals surface area contributed by atoms with E-state index in [9.17, 15) is 14.7 Å². The van der Waals surface area contributed by atoms with Gasteiger partial charge in [0.2, 0.25) is 11.8 Å². The lowest BCUT2D eigenvalue weighted by atomic mass is 10.1. The van der Waals surface area contributed by atoms with Gasteiger partial charge in [-0.25, -0.2) is 0 Å². The van der Waals surface area contributed by atoms with Crippen LogP contribution in [-0.4, -0.2) is 41.5 Å². The van der Waals surface area contributed by atoms with Crippen molar-refractivity contribution >= 4 is 29.1 Å². The largest absolute Gasteiger partial charge is 0.506 e. The summed E-state index contributed by atoms with van der Waals surface area (Å²) in [4.78, 5) is 28.1. The van der Waals surface area contributed by atoms with Crippen LogP contribution < -0.4 is 4.90 Å². The summed E-state index contributed by atoms with van der Waals surface area (Å²) >= 11 is 5.87. The van der Waals surface area contributed by atoms with Crippen molar-refractivity contribution < 1.29 is 14.7 Å². The van der Waals surface area contributed by atoms with Crippen LogP contribution in [0.25, 0.3) is 0 Å². The first-order valence-electron chi connectivity index (χ1n) is 8.06. The Morgan fingerprint density at radius 3 is 2.52 bits per heavy atom. The zero-order valence-electron chi connectivity index (χ0n) is 13.9. The second kappa shape index (κ2) is 7.15. The van der Waals surface area contributed by atoms with Gasteiger partial charge in [0.05, 0.1) is 11.4 Å². The molecule has 0 bridgehead atoms. The highest BCUT2D eigenvalue weighted by Crippen LogP contribution is 2.24. The highest BCUT2D eigenvalue weighted by Gasteiger charge is 2.27. The minimum Gasteiger partial charge on any atom is -0.506 e. The quantitative estimate of drug-likeness (QED) is 0.917. The van der Waals surface area contributed by atoms with Gasteiger partial charge in [-0.1, -0.05) is 35.4 Å². The highest BCUT2D eigenvalue weighted by atomic mass is 35.5. The molecule has 1 heterocycles. The third-order valence-corrected chi connectivity index (χ3v) is 4.59. The van der Waals surface area contributed by atoms with Gasteiger partial charge in [-0.15, -0.1) is 0 Å². The number of carbonyl (C=O) groups excluding carboxylic acids is 2. The summed E-state index contributed by atoms with van der Waals surface area (Å²) in [6.07, 6.45) is 0.151. The molecule has 3 rings (SSSR count). The van der Waals surface area contributed by atoms with Crippen molar-refractivity contribution in [1.29, 1.82) is 0 Å². The van der Waals surface area contributed by atoms with Crippen LogP contribution in [-0.2, 0) is 16.0 Å². The molecule has 0 radical (unpaired) electrons. The van der Waals surface area contributed by atoms with E-state index in [4.69, 9.17) is 11.6 Å². The molecule has 2 aromatic rings. The first-order chi connectivity index (χ1) is 11.9. The smallest absolute Gasteiger partial charge is 0.246 e. The third-order valence-electron chi connectivity index (χ3n) is 4.29. The van der Waals surface area contributed by atoms with Gasteiger partial charge in [0, 0.05) is 18.8 Å². The number of nitrogens with zero attached hydrogens (tertiary/aromatic N) is 2. The number of piperazine rings is 1. The second-order valence-corrected chi connectivity index (χ2v) is 6.57. The molecule has 130 valence electrons. The van der Waals surface area contributed by atoms with Crippen molar-refractivity contribution in [2.24, 2.45) is 0 Å². The van der Waals surface area contributed by atoms with Gasteiger partial charge in [-0.3, -0.25) is 9.59 Å². The Hall–Kier alpha value is -2.53. The number of anilines is 1. The standard InChI is InChI=1S/C19H19ClN2O3/c1-13-2-5-15(6-3-13)22-9-8-21(12-19(22)25)18(24)11-14-4-7-17(23)16(20)10-14/h2-7,10,23H,8-9,11-12H2,1H3. The molecule has 2 amide bonds. The summed E-state index contributed by atoms with van der Waals surface area (Å²) in [6.45, 7) is 3.03. The zero-order chi connectivity index (χ0) is 18.0. The van der Waals surface area contributed by atoms with E-state index in [0.29, 0.717) is 18.7 Å². The van der Waals surface area contributed by atoms with E-state index >= 15 is 0 Å². The number of rotatable bonds is 3. The number of hydrogen-bond acceptors (Lipinski definition) is 3. The predicted octanol–water partition coefficient (Wildman–Crippen LogP) is 2.77. The number of hydrogen-bond donors (Lipinski definition) is 1. The minimum atomic E-state index is -0.126. The van der Waals surface area contributed by atoms with Crippen LogP contribution in [0.5, 0.6) is 5.75 Å². The topological polar surface area (TPSA) is 60.9 Å². The predicted molar refractivity (Wildman–Crippen MR) is 96.9 cm³/mol. The van der Waals surface area contributed by atoms with Crippen molar-refractivity contribution in [3.8, 4) is 5.75 Å². The number of aromatic hydroxyl groups is 1. The lowest BCUT2D eigenvalue weighted by Crippen LogP contribution is -2.52. The first kappa shape index (κ1) is 17.3. The molecule has 5 nitrogen and oxygen atoms in total. The van der Waals surface area contributed by atoms with Crippen LogP contribution in [0.1, 0.15) is 11.1 Å². The molecule has 0 aliphatic carbocycles. The summed E-state index contributed by atoms with van der Waals surface area (Å²) in [6, 6.07) is 12.5. The summed E-state index contributed by atoms with van der Waals surface area (Å²) in [7, 11) is 0. The molecule has 6 heteroatoms. The van der Waals surface area contributed by atoms with Crippen molar-refractivity contribution in [1.82, 2.24) is 4.90 Å². The molecule has 1 aliphatic rings. The Balaban J connectivity index is 1.63. The molecule has 1 saturated heterocycles. The van der Waals surface area contributed by atoms with Crippen molar-refractivity contribution in [3.05, 3.63) is 58.6 Å². The Morgan fingerprint density at radius 2 is 1.88 bits per heavy atom. The molecule has 25 heavy (non-hydrogen) atoms. The third kappa shape index (κ3) is 3.94. The van der Waals surface area contributed by atoms with Gasteiger partial charge in [0.25, 0.3) is 0 Å². The van der Waals surface area contributed by atoms with E-state index in [1.165, 1.54) is 6.07 Å². The second-order valence-electron chi connectivity index (χ2n) is 6.16. The molecule has 0 aromatic heterocycles. The van der Waals surface area contributed by atoms with Gasteiger partial charge in [0.1, 0.15) is 12.3 Å². The average Bonchev–Trinajstić information content (AvgIpc) is 2.59. The molecule has 0 spiro atoms. The molecular formula is C19H19ClN2O3. The van der Waals surface area contributed by atoms with Gasteiger partial charge in [-0.05, 0) is 36.8 Å². The van der Waals surface area contributed by atoms with E-state index in [0.717, 1.165) is 11.3 Å². The van der Waals surface area contributed by atoms with Crippen molar-refractivity contribution in [2.75, 3.05) is 24.5 Å². The highest BCUT2D eigenvalue weighted by molar-refractivity contribution is 6.32. The number of halogens is 1. The minimum absolute atomic E-state index is 0.0141. The molecule has 0 saturated carbocycles.